The Hall–Kier alpha value is -4.25. The van der Waals surface area contributed by atoms with Gasteiger partial charge in [-0.05, 0) is 83.8 Å². The fraction of sp³-hybridized carbons (Fsp3) is 0.276. The average molecular weight is 580 g/mol. The number of H-pyrrole nitrogens is 1. The molecule has 6 rings (SSSR count). The number of nitrogens with zero attached hydrogens (tertiary/aromatic N) is 5. The number of imidazole rings is 1. The molecule has 1 saturated carbocycles. The fourth-order valence-corrected chi connectivity index (χ4v) is 5.77. The first-order valence-electron chi connectivity index (χ1n) is 13.3. The third kappa shape index (κ3) is 5.41. The van der Waals surface area contributed by atoms with Gasteiger partial charge in [-0.2, -0.15) is 13.2 Å². The average Bonchev–Trinajstić information content (AvgIpc) is 3.63. The molecule has 1 unspecified atom stereocenters. The summed E-state index contributed by atoms with van der Waals surface area (Å²) in [5, 5.41) is 16.2. The van der Waals surface area contributed by atoms with Gasteiger partial charge in [0.1, 0.15) is 11.9 Å². The van der Waals surface area contributed by atoms with Crippen molar-refractivity contribution in [2.24, 2.45) is 5.92 Å². The van der Waals surface area contributed by atoms with E-state index >= 15 is 0 Å². The van der Waals surface area contributed by atoms with E-state index < -0.39 is 23.7 Å². The first kappa shape index (κ1) is 26.9. The number of alkyl halides is 3. The van der Waals surface area contributed by atoms with Crippen LogP contribution in [0.25, 0.3) is 33.8 Å². The zero-order valence-electron chi connectivity index (χ0n) is 21.7. The van der Waals surface area contributed by atoms with Gasteiger partial charge in [-0.15, -0.1) is 5.10 Å². The van der Waals surface area contributed by atoms with Crippen molar-refractivity contribution in [2.45, 2.75) is 44.3 Å². The van der Waals surface area contributed by atoms with Crippen LogP contribution in [-0.4, -0.2) is 36.1 Å². The normalized spacial score (nSPS) is 15.2. The van der Waals surface area contributed by atoms with E-state index in [2.05, 4.69) is 25.9 Å². The molecule has 1 atom stereocenters. The van der Waals surface area contributed by atoms with Gasteiger partial charge in [0.15, 0.2) is 5.82 Å². The van der Waals surface area contributed by atoms with Crippen LogP contribution in [0.3, 0.4) is 0 Å². The Balaban J connectivity index is 1.47. The molecule has 41 heavy (non-hydrogen) atoms. The number of carbonyl (C=O) groups excluding carboxylic acids is 1. The predicted octanol–water partition coefficient (Wildman–Crippen LogP) is 7.32. The number of hydrogen-bond acceptors (Lipinski definition) is 5. The van der Waals surface area contributed by atoms with Crippen LogP contribution in [0.1, 0.15) is 43.7 Å². The van der Waals surface area contributed by atoms with E-state index in [1.165, 1.54) is 12.1 Å². The highest BCUT2D eigenvalue weighted by atomic mass is 35.5. The highest BCUT2D eigenvalue weighted by Crippen LogP contribution is 2.41. The van der Waals surface area contributed by atoms with E-state index in [-0.39, 0.29) is 23.0 Å². The molecule has 1 amide bonds. The second kappa shape index (κ2) is 11.0. The van der Waals surface area contributed by atoms with E-state index in [1.54, 1.807) is 12.1 Å². The first-order chi connectivity index (χ1) is 19.8. The second-order valence-corrected chi connectivity index (χ2v) is 10.6. The van der Waals surface area contributed by atoms with Crippen LogP contribution in [-0.2, 0) is 11.0 Å². The van der Waals surface area contributed by atoms with Crippen molar-refractivity contribution in [2.75, 3.05) is 5.32 Å². The largest absolute Gasteiger partial charge is 0.418 e. The first-order valence-corrected chi connectivity index (χ1v) is 13.7. The number of para-hydroxylation sites is 2. The Labute approximate surface area is 237 Å². The maximum absolute atomic E-state index is 14.2. The third-order valence-electron chi connectivity index (χ3n) is 7.54. The lowest BCUT2D eigenvalue weighted by molar-refractivity contribution is -0.137. The highest BCUT2D eigenvalue weighted by molar-refractivity contribution is 6.30. The number of nitrogens with one attached hydrogen (secondary N) is 2. The van der Waals surface area contributed by atoms with E-state index in [0.717, 1.165) is 49.3 Å². The number of tetrazole rings is 1. The van der Waals surface area contributed by atoms with Gasteiger partial charge in [-0.3, -0.25) is 4.79 Å². The van der Waals surface area contributed by atoms with Gasteiger partial charge in [0, 0.05) is 16.1 Å². The Morgan fingerprint density at radius 3 is 2.44 bits per heavy atom. The van der Waals surface area contributed by atoms with Gasteiger partial charge in [0.05, 0.1) is 22.3 Å². The van der Waals surface area contributed by atoms with Crippen molar-refractivity contribution in [3.05, 3.63) is 77.3 Å². The summed E-state index contributed by atoms with van der Waals surface area (Å²) < 4.78 is 44.6. The number of halogens is 4. The summed E-state index contributed by atoms with van der Waals surface area (Å²) in [6.07, 6.45) is -0.267. The molecule has 5 aromatic rings. The Morgan fingerprint density at radius 2 is 1.73 bits per heavy atom. The van der Waals surface area contributed by atoms with Crippen molar-refractivity contribution in [1.82, 2.24) is 30.2 Å². The Bertz CT molecular complexity index is 1680. The number of rotatable bonds is 6. The van der Waals surface area contributed by atoms with Crippen LogP contribution in [0.4, 0.5) is 18.9 Å². The lowest BCUT2D eigenvalue weighted by atomic mass is 9.83. The molecule has 2 N–H and O–H groups in total. The van der Waals surface area contributed by atoms with Gasteiger partial charge in [-0.1, -0.05) is 43.0 Å². The van der Waals surface area contributed by atoms with Crippen LogP contribution in [0.5, 0.6) is 0 Å². The number of hydrogen-bond donors (Lipinski definition) is 2. The zero-order chi connectivity index (χ0) is 28.6. The number of aromatic amines is 1. The molecule has 0 saturated heterocycles. The third-order valence-corrected chi connectivity index (χ3v) is 7.79. The molecule has 0 bridgehead atoms. The van der Waals surface area contributed by atoms with E-state index in [0.29, 0.717) is 16.4 Å². The summed E-state index contributed by atoms with van der Waals surface area (Å²) in [6, 6.07) is 17.4. The minimum absolute atomic E-state index is 0.0888. The number of anilines is 1. The number of aromatic nitrogens is 6. The van der Waals surface area contributed by atoms with Crippen molar-refractivity contribution in [3.63, 3.8) is 0 Å². The molecule has 2 aromatic heterocycles. The van der Waals surface area contributed by atoms with Gasteiger partial charge in [0.2, 0.25) is 5.91 Å². The van der Waals surface area contributed by atoms with Crippen LogP contribution in [0, 0.1) is 5.92 Å². The number of amides is 1. The fourth-order valence-electron chi connectivity index (χ4n) is 5.64. The molecule has 8 nitrogen and oxygen atoms in total. The summed E-state index contributed by atoms with van der Waals surface area (Å²) in [5.74, 6) is 0.0138. The van der Waals surface area contributed by atoms with Crippen LogP contribution in [0.15, 0.2) is 66.7 Å². The van der Waals surface area contributed by atoms with Crippen molar-refractivity contribution in [1.29, 1.82) is 0 Å². The maximum atomic E-state index is 14.2. The SMILES string of the molecule is O=C(Nc1ccc(-c2nnn[nH]2)cc1C(F)(F)F)C(C1CCCCC1)n1c(-c2ccc(Cl)cc2)nc2ccccc21. The Kier molecular flexibility index (Phi) is 7.21. The van der Waals surface area contributed by atoms with Crippen molar-refractivity contribution < 1.29 is 18.0 Å². The molecule has 3 aromatic carbocycles. The van der Waals surface area contributed by atoms with Crippen LogP contribution < -0.4 is 5.32 Å². The monoisotopic (exact) mass is 579 g/mol. The molecule has 0 aliphatic heterocycles. The molecule has 1 aliphatic carbocycles. The molecular formula is C29H25ClF3N7O. The number of fused-ring (bicyclic) bond motifs is 1. The molecular weight excluding hydrogens is 555 g/mol. The summed E-state index contributed by atoms with van der Waals surface area (Å²) >= 11 is 6.14. The van der Waals surface area contributed by atoms with Crippen molar-refractivity contribution >= 4 is 34.2 Å². The van der Waals surface area contributed by atoms with E-state index in [1.807, 2.05) is 41.0 Å². The predicted molar refractivity (Wildman–Crippen MR) is 149 cm³/mol. The summed E-state index contributed by atoms with van der Waals surface area (Å²) in [7, 11) is 0. The summed E-state index contributed by atoms with van der Waals surface area (Å²) in [6.45, 7) is 0. The minimum Gasteiger partial charge on any atom is -0.324 e. The summed E-state index contributed by atoms with van der Waals surface area (Å²) in [4.78, 5) is 19.0. The number of carbonyl (C=O) groups is 1. The standard InChI is InChI=1S/C29H25ClF3N7O/c30-20-13-10-18(11-14-20)27-34-23-8-4-5-9-24(23)40(27)25(17-6-2-1-3-7-17)28(41)35-22-15-12-19(26-36-38-39-37-26)16-21(22)29(31,32)33/h4-5,8-17,25H,1-3,6-7H2,(H,35,41)(H,36,37,38,39). The molecule has 210 valence electrons. The number of benzene rings is 3. The zero-order valence-corrected chi connectivity index (χ0v) is 22.5. The van der Waals surface area contributed by atoms with Gasteiger partial charge >= 0.3 is 6.18 Å². The smallest absolute Gasteiger partial charge is 0.324 e. The topological polar surface area (TPSA) is 101 Å². The Morgan fingerprint density at radius 1 is 1.00 bits per heavy atom. The van der Waals surface area contributed by atoms with Gasteiger partial charge < -0.3 is 9.88 Å². The van der Waals surface area contributed by atoms with Gasteiger partial charge in [-0.25, -0.2) is 10.1 Å². The second-order valence-electron chi connectivity index (χ2n) is 10.1. The molecule has 1 fully saturated rings. The molecule has 0 radical (unpaired) electrons. The van der Waals surface area contributed by atoms with Gasteiger partial charge in [0.25, 0.3) is 0 Å². The lowest BCUT2D eigenvalue weighted by Gasteiger charge is -2.32. The lowest BCUT2D eigenvalue weighted by Crippen LogP contribution is -2.34. The maximum Gasteiger partial charge on any atom is 0.418 e. The molecule has 2 heterocycles. The summed E-state index contributed by atoms with van der Waals surface area (Å²) in [5.41, 5.74) is 0.988. The minimum atomic E-state index is -4.73. The molecule has 0 spiro atoms. The molecule has 12 heteroatoms. The van der Waals surface area contributed by atoms with Crippen molar-refractivity contribution in [3.8, 4) is 22.8 Å². The van der Waals surface area contributed by atoms with Crippen LogP contribution in [0.2, 0.25) is 5.02 Å². The highest BCUT2D eigenvalue weighted by Gasteiger charge is 2.38. The van der Waals surface area contributed by atoms with Crippen LogP contribution >= 0.6 is 11.6 Å². The quantitative estimate of drug-likeness (QED) is 0.219. The molecule has 1 aliphatic rings. The van der Waals surface area contributed by atoms with E-state index in [4.69, 9.17) is 16.6 Å². The van der Waals surface area contributed by atoms with E-state index in [9.17, 15) is 18.0 Å².